The highest BCUT2D eigenvalue weighted by Gasteiger charge is 2.40. The molecular weight excluding hydrogens is 142 g/mol. The van der Waals surface area contributed by atoms with E-state index < -0.39 is 5.91 Å². The third-order valence-corrected chi connectivity index (χ3v) is 2.27. The Bertz CT molecular complexity index is 138. The molecule has 64 valence electrons. The van der Waals surface area contributed by atoms with Gasteiger partial charge in [-0.15, -0.1) is 0 Å². The van der Waals surface area contributed by atoms with Gasteiger partial charge in [-0.1, -0.05) is 0 Å². The minimum atomic E-state index is -0.405. The van der Waals surface area contributed by atoms with E-state index >= 15 is 0 Å². The van der Waals surface area contributed by atoms with E-state index in [-0.39, 0.29) is 6.10 Å². The van der Waals surface area contributed by atoms with Gasteiger partial charge in [0.05, 0.1) is 12.7 Å². The molecule has 2 aliphatic heterocycles. The summed E-state index contributed by atoms with van der Waals surface area (Å²) >= 11 is 0. The number of piperidine rings is 1. The van der Waals surface area contributed by atoms with Gasteiger partial charge in [0, 0.05) is 13.0 Å². The van der Waals surface area contributed by atoms with Crippen LogP contribution < -0.4 is 5.32 Å². The van der Waals surface area contributed by atoms with Gasteiger partial charge in [-0.2, -0.15) is 0 Å². The molecule has 0 saturated carbocycles. The Morgan fingerprint density at radius 2 is 2.36 bits per heavy atom. The standard InChI is InChI=1S/C8H15NO2/c1-7-6-10-8(11-7)4-2-3-5-9-8/h7,9H,2-6H2,1H3/t7-,8-/m1/s1. The minimum Gasteiger partial charge on any atom is -0.335 e. The number of rotatable bonds is 0. The van der Waals surface area contributed by atoms with Gasteiger partial charge < -0.3 is 9.47 Å². The molecule has 1 spiro atoms. The molecule has 0 bridgehead atoms. The van der Waals surface area contributed by atoms with E-state index in [9.17, 15) is 0 Å². The Hall–Kier alpha value is -0.120. The van der Waals surface area contributed by atoms with Crippen LogP contribution in [0.1, 0.15) is 26.2 Å². The van der Waals surface area contributed by atoms with Crippen LogP contribution in [0.25, 0.3) is 0 Å². The summed E-state index contributed by atoms with van der Waals surface area (Å²) in [5.74, 6) is -0.405. The van der Waals surface area contributed by atoms with Gasteiger partial charge in [-0.3, -0.25) is 5.32 Å². The van der Waals surface area contributed by atoms with Crippen molar-refractivity contribution in [3.8, 4) is 0 Å². The summed E-state index contributed by atoms with van der Waals surface area (Å²) in [4.78, 5) is 0. The minimum absolute atomic E-state index is 0.251. The highest BCUT2D eigenvalue weighted by molar-refractivity contribution is 4.78. The van der Waals surface area contributed by atoms with Crippen LogP contribution in [0.2, 0.25) is 0 Å². The predicted octanol–water partition coefficient (Wildman–Crippen LogP) is 0.849. The van der Waals surface area contributed by atoms with E-state index in [1.165, 1.54) is 12.8 Å². The Balaban J connectivity index is 1.98. The van der Waals surface area contributed by atoms with Gasteiger partial charge >= 0.3 is 0 Å². The fourth-order valence-electron chi connectivity index (χ4n) is 1.72. The Morgan fingerprint density at radius 1 is 1.45 bits per heavy atom. The topological polar surface area (TPSA) is 30.5 Å². The van der Waals surface area contributed by atoms with Gasteiger partial charge in [-0.25, -0.2) is 0 Å². The van der Waals surface area contributed by atoms with Crippen LogP contribution in [0, 0.1) is 0 Å². The second-order valence-corrected chi connectivity index (χ2v) is 3.38. The molecule has 0 aromatic carbocycles. The summed E-state index contributed by atoms with van der Waals surface area (Å²) < 4.78 is 11.2. The van der Waals surface area contributed by atoms with E-state index in [1.807, 2.05) is 6.92 Å². The molecule has 0 aromatic rings. The summed E-state index contributed by atoms with van der Waals surface area (Å²) in [5, 5.41) is 3.28. The molecule has 2 rings (SSSR count). The van der Waals surface area contributed by atoms with Crippen molar-refractivity contribution in [3.05, 3.63) is 0 Å². The average Bonchev–Trinajstić information content (AvgIpc) is 2.34. The molecule has 0 amide bonds. The number of hydrogen-bond acceptors (Lipinski definition) is 3. The van der Waals surface area contributed by atoms with E-state index in [2.05, 4.69) is 5.32 Å². The molecule has 2 aliphatic rings. The maximum absolute atomic E-state index is 5.66. The third kappa shape index (κ3) is 1.41. The lowest BCUT2D eigenvalue weighted by atomic mass is 10.1. The van der Waals surface area contributed by atoms with Crippen molar-refractivity contribution in [3.63, 3.8) is 0 Å². The molecule has 3 heteroatoms. The maximum Gasteiger partial charge on any atom is 0.227 e. The molecule has 2 fully saturated rings. The quantitative estimate of drug-likeness (QED) is 0.565. The lowest BCUT2D eigenvalue weighted by molar-refractivity contribution is -0.202. The van der Waals surface area contributed by atoms with E-state index in [0.717, 1.165) is 19.6 Å². The second kappa shape index (κ2) is 2.73. The van der Waals surface area contributed by atoms with Crippen molar-refractivity contribution >= 4 is 0 Å². The Labute approximate surface area is 67.1 Å². The van der Waals surface area contributed by atoms with E-state index in [4.69, 9.17) is 9.47 Å². The van der Waals surface area contributed by atoms with Crippen molar-refractivity contribution in [2.24, 2.45) is 0 Å². The molecule has 2 heterocycles. The van der Waals surface area contributed by atoms with Crippen molar-refractivity contribution in [1.82, 2.24) is 5.32 Å². The third-order valence-electron chi connectivity index (χ3n) is 2.27. The van der Waals surface area contributed by atoms with Crippen LogP contribution in [-0.4, -0.2) is 25.2 Å². The highest BCUT2D eigenvalue weighted by atomic mass is 16.8. The predicted molar refractivity (Wildman–Crippen MR) is 41.1 cm³/mol. The first-order valence-electron chi connectivity index (χ1n) is 4.38. The first-order valence-corrected chi connectivity index (χ1v) is 4.38. The highest BCUT2D eigenvalue weighted by Crippen LogP contribution is 2.28. The van der Waals surface area contributed by atoms with Crippen molar-refractivity contribution in [1.29, 1.82) is 0 Å². The first-order chi connectivity index (χ1) is 5.31. The number of ether oxygens (including phenoxy) is 2. The van der Waals surface area contributed by atoms with Crippen molar-refractivity contribution < 1.29 is 9.47 Å². The van der Waals surface area contributed by atoms with Crippen LogP contribution in [-0.2, 0) is 9.47 Å². The lowest BCUT2D eigenvalue weighted by Gasteiger charge is -2.32. The Morgan fingerprint density at radius 3 is 2.91 bits per heavy atom. The summed E-state index contributed by atoms with van der Waals surface area (Å²) in [6, 6.07) is 0. The van der Waals surface area contributed by atoms with Gasteiger partial charge in [0.15, 0.2) is 0 Å². The molecule has 11 heavy (non-hydrogen) atoms. The SMILES string of the molecule is C[C@@H]1CO[C@]2(CCCCN2)O1. The Kier molecular flexibility index (Phi) is 1.87. The lowest BCUT2D eigenvalue weighted by Crippen LogP contribution is -2.49. The zero-order valence-corrected chi connectivity index (χ0v) is 6.93. The molecule has 0 aromatic heterocycles. The van der Waals surface area contributed by atoms with Crippen molar-refractivity contribution in [2.45, 2.75) is 38.2 Å². The number of nitrogens with one attached hydrogen (secondary N) is 1. The fourth-order valence-corrected chi connectivity index (χ4v) is 1.72. The van der Waals surface area contributed by atoms with Gasteiger partial charge in [0.25, 0.3) is 0 Å². The maximum atomic E-state index is 5.66. The van der Waals surface area contributed by atoms with E-state index in [0.29, 0.717) is 0 Å². The zero-order chi connectivity index (χ0) is 7.73. The largest absolute Gasteiger partial charge is 0.335 e. The summed E-state index contributed by atoms with van der Waals surface area (Å²) in [7, 11) is 0. The van der Waals surface area contributed by atoms with Gasteiger partial charge in [0.2, 0.25) is 5.91 Å². The molecular formula is C8H15NO2. The van der Waals surface area contributed by atoms with Crippen LogP contribution >= 0.6 is 0 Å². The van der Waals surface area contributed by atoms with Crippen LogP contribution in [0.5, 0.6) is 0 Å². The summed E-state index contributed by atoms with van der Waals surface area (Å²) in [6.07, 6.45) is 3.69. The second-order valence-electron chi connectivity index (χ2n) is 3.38. The first kappa shape index (κ1) is 7.53. The summed E-state index contributed by atoms with van der Waals surface area (Å²) in [6.45, 7) is 3.80. The smallest absolute Gasteiger partial charge is 0.227 e. The zero-order valence-electron chi connectivity index (χ0n) is 6.93. The van der Waals surface area contributed by atoms with E-state index in [1.54, 1.807) is 0 Å². The monoisotopic (exact) mass is 157 g/mol. The molecule has 3 nitrogen and oxygen atoms in total. The fraction of sp³-hybridized carbons (Fsp3) is 1.00. The van der Waals surface area contributed by atoms with Gasteiger partial charge in [0.1, 0.15) is 0 Å². The molecule has 0 aliphatic carbocycles. The summed E-state index contributed by atoms with van der Waals surface area (Å²) in [5.41, 5.74) is 0. The molecule has 0 unspecified atom stereocenters. The number of hydrogen-bond donors (Lipinski definition) is 1. The molecule has 0 radical (unpaired) electrons. The molecule has 1 N–H and O–H groups in total. The van der Waals surface area contributed by atoms with Crippen molar-refractivity contribution in [2.75, 3.05) is 13.2 Å². The molecule has 2 saturated heterocycles. The average molecular weight is 157 g/mol. The normalized spacial score (nSPS) is 45.0. The van der Waals surface area contributed by atoms with Gasteiger partial charge in [-0.05, 0) is 19.8 Å². The van der Waals surface area contributed by atoms with Crippen LogP contribution in [0.3, 0.4) is 0 Å². The van der Waals surface area contributed by atoms with Crippen LogP contribution in [0.4, 0.5) is 0 Å². The van der Waals surface area contributed by atoms with Crippen LogP contribution in [0.15, 0.2) is 0 Å². The molecule has 2 atom stereocenters.